The normalized spacial score (nSPS) is 17.0. The molecule has 2 aromatic rings. The average Bonchev–Trinajstić information content (AvgIpc) is 3.04. The van der Waals surface area contributed by atoms with E-state index in [1.54, 1.807) is 0 Å². The third kappa shape index (κ3) is 3.09. The summed E-state index contributed by atoms with van der Waals surface area (Å²) in [6, 6.07) is 2.33. The Labute approximate surface area is 126 Å². The van der Waals surface area contributed by atoms with Crippen LogP contribution in [0, 0.1) is 5.92 Å². The number of hydrogen-bond acceptors (Lipinski definition) is 3. The lowest BCUT2D eigenvalue weighted by molar-refractivity contribution is 0.555. The first-order valence-electron chi connectivity index (χ1n) is 7.84. The van der Waals surface area contributed by atoms with Gasteiger partial charge in [0.25, 0.3) is 0 Å². The number of anilines is 1. The van der Waals surface area contributed by atoms with Gasteiger partial charge in [0.2, 0.25) is 0 Å². The van der Waals surface area contributed by atoms with Crippen LogP contribution in [0.1, 0.15) is 49.3 Å². The van der Waals surface area contributed by atoms with Gasteiger partial charge in [-0.3, -0.25) is 4.68 Å². The van der Waals surface area contributed by atoms with Crippen LogP contribution in [0.25, 0.3) is 0 Å². The van der Waals surface area contributed by atoms with Crippen molar-refractivity contribution >= 4 is 5.82 Å². The van der Waals surface area contributed by atoms with Crippen LogP contribution in [0.5, 0.6) is 0 Å². The minimum absolute atomic E-state index is 0.381. The van der Waals surface area contributed by atoms with Gasteiger partial charge in [-0.25, -0.2) is 4.98 Å². The van der Waals surface area contributed by atoms with Gasteiger partial charge in [-0.15, -0.1) is 0 Å². The Balaban J connectivity index is 1.77. The number of pyridine rings is 1. The molecular formula is C17H24N4. The van der Waals surface area contributed by atoms with Gasteiger partial charge in [0, 0.05) is 37.5 Å². The molecule has 0 amide bonds. The molecule has 0 bridgehead atoms. The van der Waals surface area contributed by atoms with Crippen molar-refractivity contribution in [2.24, 2.45) is 13.0 Å². The van der Waals surface area contributed by atoms with Crippen LogP contribution in [0.4, 0.5) is 5.82 Å². The van der Waals surface area contributed by atoms with Crippen LogP contribution in [0.2, 0.25) is 0 Å². The predicted molar refractivity (Wildman–Crippen MR) is 85.6 cm³/mol. The Kier molecular flexibility index (Phi) is 3.95. The van der Waals surface area contributed by atoms with E-state index in [4.69, 9.17) is 0 Å². The summed E-state index contributed by atoms with van der Waals surface area (Å²) in [4.78, 5) is 4.60. The van der Waals surface area contributed by atoms with Gasteiger partial charge in [-0.05, 0) is 36.0 Å². The molecular weight excluding hydrogens is 260 g/mol. The summed E-state index contributed by atoms with van der Waals surface area (Å²) in [7, 11) is 1.97. The third-order valence-corrected chi connectivity index (χ3v) is 4.20. The zero-order valence-electron chi connectivity index (χ0n) is 13.1. The Morgan fingerprint density at radius 2 is 2.24 bits per heavy atom. The van der Waals surface area contributed by atoms with E-state index in [0.29, 0.717) is 5.92 Å². The van der Waals surface area contributed by atoms with Gasteiger partial charge in [-0.1, -0.05) is 20.3 Å². The SMILES string of the molecule is CC(C)CCCc1cnc2c(c1)C(c1cnn(C)c1)CN2. The second-order valence-corrected chi connectivity index (χ2v) is 6.45. The maximum Gasteiger partial charge on any atom is 0.129 e. The van der Waals surface area contributed by atoms with Gasteiger partial charge < -0.3 is 5.32 Å². The number of aryl methyl sites for hydroxylation is 2. The van der Waals surface area contributed by atoms with Crippen LogP contribution in [0.15, 0.2) is 24.7 Å². The molecule has 1 N–H and O–H groups in total. The number of nitrogens with one attached hydrogen (secondary N) is 1. The van der Waals surface area contributed by atoms with Crippen molar-refractivity contribution in [1.29, 1.82) is 0 Å². The molecule has 4 nitrogen and oxygen atoms in total. The van der Waals surface area contributed by atoms with E-state index >= 15 is 0 Å². The van der Waals surface area contributed by atoms with Crippen LogP contribution in [0.3, 0.4) is 0 Å². The van der Waals surface area contributed by atoms with Crippen molar-refractivity contribution in [3.8, 4) is 0 Å². The number of hydrogen-bond donors (Lipinski definition) is 1. The summed E-state index contributed by atoms with van der Waals surface area (Å²) in [5.74, 6) is 2.19. The summed E-state index contributed by atoms with van der Waals surface area (Å²) in [5, 5.41) is 7.71. The van der Waals surface area contributed by atoms with Crippen LogP contribution in [-0.2, 0) is 13.5 Å². The topological polar surface area (TPSA) is 42.7 Å². The Morgan fingerprint density at radius 3 is 2.95 bits per heavy atom. The van der Waals surface area contributed by atoms with Gasteiger partial charge in [-0.2, -0.15) is 5.10 Å². The summed E-state index contributed by atoms with van der Waals surface area (Å²) >= 11 is 0. The van der Waals surface area contributed by atoms with Crippen molar-refractivity contribution < 1.29 is 0 Å². The fraction of sp³-hybridized carbons (Fsp3) is 0.529. The fourth-order valence-electron chi connectivity index (χ4n) is 3.02. The molecule has 1 atom stereocenters. The van der Waals surface area contributed by atoms with Gasteiger partial charge in [0.15, 0.2) is 0 Å². The predicted octanol–water partition coefficient (Wildman–Crippen LogP) is 3.35. The monoisotopic (exact) mass is 284 g/mol. The minimum atomic E-state index is 0.381. The molecule has 3 heterocycles. The lowest BCUT2D eigenvalue weighted by Gasteiger charge is -2.09. The largest absolute Gasteiger partial charge is 0.369 e. The summed E-state index contributed by atoms with van der Waals surface area (Å²) in [6.07, 6.45) is 9.74. The van der Waals surface area contributed by atoms with Gasteiger partial charge in [0.05, 0.1) is 6.20 Å². The maximum absolute atomic E-state index is 4.60. The highest BCUT2D eigenvalue weighted by molar-refractivity contribution is 5.56. The van der Waals surface area contributed by atoms with E-state index < -0.39 is 0 Å². The first kappa shape index (κ1) is 14.1. The maximum atomic E-state index is 4.60. The fourth-order valence-corrected chi connectivity index (χ4v) is 3.02. The lowest BCUT2D eigenvalue weighted by Crippen LogP contribution is -2.02. The molecule has 0 spiro atoms. The van der Waals surface area contributed by atoms with E-state index in [1.807, 2.05) is 24.1 Å². The van der Waals surface area contributed by atoms with E-state index in [2.05, 4.69) is 41.5 Å². The summed E-state index contributed by atoms with van der Waals surface area (Å²) in [5.41, 5.74) is 3.95. The minimum Gasteiger partial charge on any atom is -0.369 e. The molecule has 112 valence electrons. The summed E-state index contributed by atoms with van der Waals surface area (Å²) in [6.45, 7) is 5.48. The van der Waals surface area contributed by atoms with Crippen molar-refractivity contribution in [3.05, 3.63) is 41.3 Å². The standard InChI is InChI=1S/C17H24N4/c1-12(2)5-4-6-13-7-15-16(10-19-17(15)18-8-13)14-9-20-21(3)11-14/h7-9,11-12,16H,4-6,10H2,1-3H3,(H,18,19). The molecule has 21 heavy (non-hydrogen) atoms. The van der Waals surface area contributed by atoms with Crippen molar-refractivity contribution in [2.75, 3.05) is 11.9 Å². The highest BCUT2D eigenvalue weighted by atomic mass is 15.2. The van der Waals surface area contributed by atoms with Crippen molar-refractivity contribution in [3.63, 3.8) is 0 Å². The Bertz CT molecular complexity index is 615. The second kappa shape index (κ2) is 5.88. The number of fused-ring (bicyclic) bond motifs is 1. The molecule has 4 heteroatoms. The first-order valence-corrected chi connectivity index (χ1v) is 7.84. The molecule has 0 saturated heterocycles. The van der Waals surface area contributed by atoms with Crippen LogP contribution < -0.4 is 5.32 Å². The summed E-state index contributed by atoms with van der Waals surface area (Å²) < 4.78 is 1.87. The Hall–Kier alpha value is -1.84. The molecule has 0 aliphatic carbocycles. The quantitative estimate of drug-likeness (QED) is 0.915. The number of nitrogens with zero attached hydrogens (tertiary/aromatic N) is 3. The second-order valence-electron chi connectivity index (χ2n) is 6.45. The zero-order valence-corrected chi connectivity index (χ0v) is 13.1. The molecule has 0 aromatic carbocycles. The zero-order chi connectivity index (χ0) is 14.8. The molecule has 2 aromatic heterocycles. The van der Waals surface area contributed by atoms with E-state index in [-0.39, 0.29) is 0 Å². The smallest absolute Gasteiger partial charge is 0.129 e. The van der Waals surface area contributed by atoms with E-state index in [0.717, 1.165) is 24.7 Å². The molecule has 0 fully saturated rings. The molecule has 0 radical (unpaired) electrons. The molecule has 1 unspecified atom stereocenters. The third-order valence-electron chi connectivity index (χ3n) is 4.20. The van der Waals surface area contributed by atoms with Gasteiger partial charge >= 0.3 is 0 Å². The highest BCUT2D eigenvalue weighted by Crippen LogP contribution is 2.35. The lowest BCUT2D eigenvalue weighted by atomic mass is 9.95. The van der Waals surface area contributed by atoms with Gasteiger partial charge in [0.1, 0.15) is 5.82 Å². The van der Waals surface area contributed by atoms with Crippen molar-refractivity contribution in [1.82, 2.24) is 14.8 Å². The number of aromatic nitrogens is 3. The average molecular weight is 284 g/mol. The van der Waals surface area contributed by atoms with E-state index in [9.17, 15) is 0 Å². The highest BCUT2D eigenvalue weighted by Gasteiger charge is 2.26. The van der Waals surface area contributed by atoms with Crippen LogP contribution in [-0.4, -0.2) is 21.3 Å². The van der Waals surface area contributed by atoms with Crippen LogP contribution >= 0.6 is 0 Å². The number of rotatable bonds is 5. The molecule has 1 aliphatic heterocycles. The molecule has 3 rings (SSSR count). The molecule has 1 aliphatic rings. The Morgan fingerprint density at radius 1 is 1.38 bits per heavy atom. The van der Waals surface area contributed by atoms with Crippen molar-refractivity contribution in [2.45, 2.75) is 39.0 Å². The first-order chi connectivity index (χ1) is 10.1. The van der Waals surface area contributed by atoms with E-state index in [1.165, 1.54) is 29.5 Å². The molecule has 0 saturated carbocycles.